The molecule has 0 bridgehead atoms. The van der Waals surface area contributed by atoms with Gasteiger partial charge in [0.15, 0.2) is 0 Å². The molecule has 40 heavy (non-hydrogen) atoms. The van der Waals surface area contributed by atoms with Gasteiger partial charge in [0.25, 0.3) is 11.8 Å². The topological polar surface area (TPSA) is 106 Å². The molecule has 1 heterocycles. The average Bonchev–Trinajstić information content (AvgIpc) is 3.36. The van der Waals surface area contributed by atoms with Crippen LogP contribution >= 0.6 is 23.2 Å². The first-order chi connectivity index (χ1) is 19.1. The number of nitrogens with one attached hydrogen (secondary N) is 2. The second-order valence-electron chi connectivity index (χ2n) is 9.71. The maximum atomic E-state index is 13.3. The van der Waals surface area contributed by atoms with E-state index >= 15 is 0 Å². The lowest BCUT2D eigenvalue weighted by molar-refractivity contribution is -0.150. The van der Waals surface area contributed by atoms with Crippen molar-refractivity contribution in [2.75, 3.05) is 12.4 Å². The first-order valence-electron chi connectivity index (χ1n) is 12.6. The van der Waals surface area contributed by atoms with Crippen LogP contribution in [0.1, 0.15) is 47.7 Å². The van der Waals surface area contributed by atoms with E-state index in [9.17, 15) is 14.4 Å². The molecule has 2 N–H and O–H groups in total. The summed E-state index contributed by atoms with van der Waals surface area (Å²) in [5.41, 5.74) is 1.96. The van der Waals surface area contributed by atoms with E-state index in [4.69, 9.17) is 32.8 Å². The Bertz CT molecular complexity index is 1410. The molecule has 0 spiro atoms. The molecule has 208 valence electrons. The van der Waals surface area contributed by atoms with Gasteiger partial charge in [0.2, 0.25) is 5.60 Å². The Morgan fingerprint density at radius 2 is 1.65 bits per heavy atom. The van der Waals surface area contributed by atoms with Gasteiger partial charge in [0, 0.05) is 24.4 Å². The van der Waals surface area contributed by atoms with Crippen molar-refractivity contribution in [1.82, 2.24) is 5.32 Å². The molecule has 2 unspecified atom stereocenters. The van der Waals surface area contributed by atoms with Crippen LogP contribution < -0.4 is 10.6 Å². The second-order valence-corrected chi connectivity index (χ2v) is 10.5. The molecule has 10 heteroatoms. The molecule has 8 nitrogen and oxygen atoms in total. The van der Waals surface area contributed by atoms with Crippen LogP contribution in [0, 0.1) is 0 Å². The third-order valence-electron chi connectivity index (χ3n) is 6.80. The van der Waals surface area contributed by atoms with Crippen molar-refractivity contribution in [3.63, 3.8) is 0 Å². The minimum absolute atomic E-state index is 0.0276. The summed E-state index contributed by atoms with van der Waals surface area (Å²) in [5, 5.41) is 10.2. The van der Waals surface area contributed by atoms with Crippen molar-refractivity contribution in [3.05, 3.63) is 99.5 Å². The van der Waals surface area contributed by atoms with E-state index in [1.54, 1.807) is 49.4 Å². The number of methoxy groups -OCH3 is 1. The number of hydrogen-bond donors (Lipinski definition) is 2. The molecule has 0 saturated heterocycles. The number of esters is 1. The number of rotatable bonds is 9. The van der Waals surface area contributed by atoms with Crippen LogP contribution in [-0.4, -0.2) is 42.2 Å². The van der Waals surface area contributed by atoms with Gasteiger partial charge in [-0.15, -0.1) is 0 Å². The largest absolute Gasteiger partial charge is 0.467 e. The lowest BCUT2D eigenvalue weighted by Crippen LogP contribution is -2.52. The van der Waals surface area contributed by atoms with Gasteiger partial charge in [-0.3, -0.25) is 9.59 Å². The molecule has 4 rings (SSSR count). The predicted octanol–water partition coefficient (Wildman–Crippen LogP) is 5.78. The van der Waals surface area contributed by atoms with E-state index in [1.165, 1.54) is 7.11 Å². The fourth-order valence-corrected chi connectivity index (χ4v) is 4.94. The summed E-state index contributed by atoms with van der Waals surface area (Å²) in [6.07, 6.45) is 0.444. The quantitative estimate of drug-likeness (QED) is 0.311. The van der Waals surface area contributed by atoms with E-state index in [1.807, 2.05) is 37.3 Å². The van der Waals surface area contributed by atoms with Crippen molar-refractivity contribution in [3.8, 4) is 0 Å². The molecular formula is C30H29Cl2N3O5. The Morgan fingerprint density at radius 1 is 1.00 bits per heavy atom. The number of oxime groups is 1. The Kier molecular flexibility index (Phi) is 9.12. The van der Waals surface area contributed by atoms with Gasteiger partial charge in [0.1, 0.15) is 6.04 Å². The fourth-order valence-electron chi connectivity index (χ4n) is 4.37. The van der Waals surface area contributed by atoms with Crippen LogP contribution in [-0.2, 0) is 25.6 Å². The van der Waals surface area contributed by atoms with Gasteiger partial charge in [-0.05, 0) is 42.3 Å². The standard InChI is InChI=1S/C30H29Cl2N3O5/c1-18(20-8-5-4-6-9-20)25-17-30(2,40-35-25)29(38)34-24(28(37)39-3)16-19-12-14-21(15-13-19)33-27(36)26-22(31)10-7-11-23(26)32/h4-15,18,24H,16-17H2,1-3H3,(H,33,36)(H,34,38)/t18?,24-,30?/m0/s1. The molecule has 1 aliphatic rings. The van der Waals surface area contributed by atoms with Crippen molar-refractivity contribution in [1.29, 1.82) is 0 Å². The number of ether oxygens (including phenoxy) is 1. The van der Waals surface area contributed by atoms with E-state index < -0.39 is 29.4 Å². The number of benzene rings is 3. The minimum Gasteiger partial charge on any atom is -0.467 e. The number of anilines is 1. The van der Waals surface area contributed by atoms with Gasteiger partial charge < -0.3 is 20.2 Å². The molecule has 0 aliphatic carbocycles. The van der Waals surface area contributed by atoms with Gasteiger partial charge in [0.05, 0.1) is 28.4 Å². The maximum Gasteiger partial charge on any atom is 0.328 e. The number of nitrogens with zero attached hydrogens (tertiary/aromatic N) is 1. The molecule has 3 aromatic rings. The van der Waals surface area contributed by atoms with Crippen LogP contribution in [0.5, 0.6) is 0 Å². The van der Waals surface area contributed by atoms with Crippen LogP contribution in [0.2, 0.25) is 10.0 Å². The lowest BCUT2D eigenvalue weighted by Gasteiger charge is -2.24. The van der Waals surface area contributed by atoms with Gasteiger partial charge in [-0.2, -0.15) is 0 Å². The molecule has 0 aromatic heterocycles. The molecule has 0 fully saturated rings. The van der Waals surface area contributed by atoms with Crippen LogP contribution in [0.25, 0.3) is 0 Å². The number of amides is 2. The number of carbonyl (C=O) groups is 3. The molecule has 1 aliphatic heterocycles. The molecule has 3 aromatic carbocycles. The van der Waals surface area contributed by atoms with E-state index in [0.29, 0.717) is 5.69 Å². The Balaban J connectivity index is 1.40. The molecule has 3 atom stereocenters. The normalized spacial score (nSPS) is 17.7. The Morgan fingerprint density at radius 3 is 2.27 bits per heavy atom. The highest BCUT2D eigenvalue weighted by Gasteiger charge is 2.44. The Labute approximate surface area is 242 Å². The first-order valence-corrected chi connectivity index (χ1v) is 13.4. The zero-order valence-electron chi connectivity index (χ0n) is 22.2. The Hall–Kier alpha value is -3.88. The van der Waals surface area contributed by atoms with E-state index in [0.717, 1.165) is 16.8 Å². The number of halogens is 2. The maximum absolute atomic E-state index is 13.3. The summed E-state index contributed by atoms with van der Waals surface area (Å²) in [5.74, 6) is -1.54. The predicted molar refractivity (Wildman–Crippen MR) is 155 cm³/mol. The summed E-state index contributed by atoms with van der Waals surface area (Å²) < 4.78 is 4.94. The monoisotopic (exact) mass is 581 g/mol. The molecule has 0 saturated carbocycles. The van der Waals surface area contributed by atoms with Gasteiger partial charge in [-0.1, -0.05) is 83.8 Å². The van der Waals surface area contributed by atoms with Crippen LogP contribution in [0.15, 0.2) is 78.0 Å². The smallest absolute Gasteiger partial charge is 0.328 e. The molecular weight excluding hydrogens is 553 g/mol. The zero-order chi connectivity index (χ0) is 28.9. The summed E-state index contributed by atoms with van der Waals surface area (Å²) >= 11 is 12.3. The van der Waals surface area contributed by atoms with Crippen LogP contribution in [0.4, 0.5) is 5.69 Å². The third-order valence-corrected chi connectivity index (χ3v) is 7.42. The van der Waals surface area contributed by atoms with Gasteiger partial charge in [-0.25, -0.2) is 4.79 Å². The molecule has 0 radical (unpaired) electrons. The third kappa shape index (κ3) is 6.63. The fraction of sp³-hybridized carbons (Fsp3) is 0.267. The van der Waals surface area contributed by atoms with Crippen molar-refractivity contribution in [2.24, 2.45) is 5.16 Å². The SMILES string of the molecule is COC(=O)[C@H](Cc1ccc(NC(=O)c2c(Cl)cccc2Cl)cc1)NC(=O)C1(C)CC(C(C)c2ccccc2)=NO1. The van der Waals surface area contributed by atoms with Crippen molar-refractivity contribution in [2.45, 2.75) is 44.2 Å². The first kappa shape index (κ1) is 29.1. The van der Waals surface area contributed by atoms with Gasteiger partial charge >= 0.3 is 5.97 Å². The highest BCUT2D eigenvalue weighted by Crippen LogP contribution is 2.31. The number of hydrogen-bond acceptors (Lipinski definition) is 6. The number of carbonyl (C=O) groups excluding carboxylic acids is 3. The second kappa shape index (κ2) is 12.5. The highest BCUT2D eigenvalue weighted by molar-refractivity contribution is 6.40. The zero-order valence-corrected chi connectivity index (χ0v) is 23.8. The summed E-state index contributed by atoms with van der Waals surface area (Å²) in [4.78, 5) is 44.1. The van der Waals surface area contributed by atoms with Crippen molar-refractivity contribution >= 4 is 52.4 Å². The highest BCUT2D eigenvalue weighted by atomic mass is 35.5. The minimum atomic E-state index is -1.27. The van der Waals surface area contributed by atoms with Crippen molar-refractivity contribution < 1.29 is 24.0 Å². The average molecular weight is 582 g/mol. The summed E-state index contributed by atoms with van der Waals surface area (Å²) in [6, 6.07) is 20.5. The summed E-state index contributed by atoms with van der Waals surface area (Å²) in [6.45, 7) is 3.65. The summed E-state index contributed by atoms with van der Waals surface area (Å²) in [7, 11) is 1.26. The van der Waals surface area contributed by atoms with Crippen LogP contribution in [0.3, 0.4) is 0 Å². The van der Waals surface area contributed by atoms with E-state index in [-0.39, 0.29) is 34.4 Å². The molecule has 2 amide bonds. The van der Waals surface area contributed by atoms with E-state index in [2.05, 4.69) is 15.8 Å². The lowest BCUT2D eigenvalue weighted by atomic mass is 9.88.